The zero-order chi connectivity index (χ0) is 25.1. The normalized spacial score (nSPS) is 15.7. The summed E-state index contributed by atoms with van der Waals surface area (Å²) in [4.78, 5) is 18.7. The van der Waals surface area contributed by atoms with Gasteiger partial charge in [0.15, 0.2) is 5.82 Å². The van der Waals surface area contributed by atoms with Crippen molar-refractivity contribution in [1.82, 2.24) is 30.1 Å². The maximum atomic E-state index is 13.2. The minimum atomic E-state index is -0.0637. The summed E-state index contributed by atoms with van der Waals surface area (Å²) in [5.41, 5.74) is 1.47. The molecule has 0 radical (unpaired) electrons. The first-order valence-corrected chi connectivity index (χ1v) is 12.8. The van der Waals surface area contributed by atoms with Gasteiger partial charge in [0, 0.05) is 29.1 Å². The molecule has 1 fully saturated rings. The van der Waals surface area contributed by atoms with E-state index in [1.165, 1.54) is 19.3 Å². The summed E-state index contributed by atoms with van der Waals surface area (Å²) >= 11 is 0. The lowest BCUT2D eigenvalue weighted by molar-refractivity contribution is 0.0610. The van der Waals surface area contributed by atoms with Crippen LogP contribution in [0.25, 0.3) is 10.9 Å². The van der Waals surface area contributed by atoms with E-state index in [4.69, 9.17) is 9.15 Å². The number of H-pyrrole nitrogens is 1. The highest BCUT2D eigenvalue weighted by molar-refractivity contribution is 5.80. The van der Waals surface area contributed by atoms with Gasteiger partial charge < -0.3 is 14.1 Å². The van der Waals surface area contributed by atoms with Crippen molar-refractivity contribution in [3.05, 3.63) is 70.2 Å². The van der Waals surface area contributed by atoms with Crippen LogP contribution in [0, 0.1) is 5.92 Å². The van der Waals surface area contributed by atoms with Crippen molar-refractivity contribution in [1.29, 1.82) is 0 Å². The third-order valence-corrected chi connectivity index (χ3v) is 7.22. The molecule has 190 valence electrons. The van der Waals surface area contributed by atoms with E-state index in [1.807, 2.05) is 41.1 Å². The van der Waals surface area contributed by atoms with Gasteiger partial charge in [-0.05, 0) is 65.6 Å². The molecular weight excluding hydrogens is 456 g/mol. The van der Waals surface area contributed by atoms with Gasteiger partial charge in [-0.3, -0.25) is 9.69 Å². The van der Waals surface area contributed by atoms with Crippen LogP contribution in [0.3, 0.4) is 0 Å². The molecule has 0 spiro atoms. The first-order valence-electron chi connectivity index (χ1n) is 12.8. The average Bonchev–Trinajstić information content (AvgIpc) is 3.57. The van der Waals surface area contributed by atoms with Crippen LogP contribution in [-0.4, -0.2) is 43.2 Å². The van der Waals surface area contributed by atoms with E-state index in [0.29, 0.717) is 19.1 Å². The summed E-state index contributed by atoms with van der Waals surface area (Å²) in [6, 6.07) is 11.8. The molecule has 1 aliphatic carbocycles. The van der Waals surface area contributed by atoms with Crippen molar-refractivity contribution < 1.29 is 9.15 Å². The number of hydrogen-bond acceptors (Lipinski definition) is 7. The average molecular weight is 491 g/mol. The molecule has 9 heteroatoms. The van der Waals surface area contributed by atoms with Crippen molar-refractivity contribution in [2.45, 2.75) is 71.1 Å². The Labute approximate surface area is 210 Å². The number of furan rings is 1. The zero-order valence-electron chi connectivity index (χ0n) is 21.2. The molecule has 1 atom stereocenters. The lowest BCUT2D eigenvalue weighted by Crippen LogP contribution is -2.43. The molecule has 1 saturated carbocycles. The van der Waals surface area contributed by atoms with E-state index in [-0.39, 0.29) is 17.5 Å². The molecule has 1 aromatic carbocycles. The Bertz CT molecular complexity index is 1340. The van der Waals surface area contributed by atoms with Gasteiger partial charge in [-0.1, -0.05) is 33.1 Å². The molecule has 9 nitrogen and oxygen atoms in total. The van der Waals surface area contributed by atoms with Gasteiger partial charge in [0.1, 0.15) is 18.1 Å². The number of tetrazole rings is 1. The molecule has 3 aromatic heterocycles. The van der Waals surface area contributed by atoms with Gasteiger partial charge in [-0.25, -0.2) is 4.68 Å². The maximum absolute atomic E-state index is 13.2. The van der Waals surface area contributed by atoms with Gasteiger partial charge in [-0.2, -0.15) is 0 Å². The summed E-state index contributed by atoms with van der Waals surface area (Å²) < 4.78 is 12.8. The summed E-state index contributed by atoms with van der Waals surface area (Å²) in [6.45, 7) is 5.38. The molecule has 0 saturated heterocycles. The van der Waals surface area contributed by atoms with Crippen molar-refractivity contribution in [2.75, 3.05) is 7.11 Å². The number of fused-ring (bicyclic) bond motifs is 1. The second-order valence-corrected chi connectivity index (χ2v) is 10.0. The molecule has 5 rings (SSSR count). The second-order valence-electron chi connectivity index (χ2n) is 10.0. The van der Waals surface area contributed by atoms with E-state index in [1.54, 1.807) is 13.4 Å². The number of aromatic amines is 1. The van der Waals surface area contributed by atoms with Crippen LogP contribution in [0.15, 0.2) is 51.9 Å². The lowest BCUT2D eigenvalue weighted by atomic mass is 9.90. The highest BCUT2D eigenvalue weighted by Crippen LogP contribution is 2.35. The standard InChI is InChI=1S/C27H34N6O3/c1-18(2)25(26-29-30-31-33(26)17-23-10-7-13-36-23)32(21-8-5-4-6-9-21)16-20-14-19-15-22(35-3)11-12-24(19)28-27(20)34/h7,10-15,18,21,25H,4-6,8-9,16-17H2,1-3H3,(H,28,34). The highest BCUT2D eigenvalue weighted by Gasteiger charge is 2.35. The van der Waals surface area contributed by atoms with Gasteiger partial charge in [0.05, 0.1) is 19.4 Å². The highest BCUT2D eigenvalue weighted by atomic mass is 16.5. The Hall–Kier alpha value is -3.46. The molecule has 0 amide bonds. The van der Waals surface area contributed by atoms with Crippen LogP contribution in [0.2, 0.25) is 0 Å². The number of benzene rings is 1. The smallest absolute Gasteiger partial charge is 0.252 e. The first-order chi connectivity index (χ1) is 17.5. The topological polar surface area (TPSA) is 102 Å². The number of rotatable bonds is 9. The SMILES string of the molecule is COc1ccc2[nH]c(=O)c(CN(C3CCCCC3)C(c3nnnn3Cc3ccco3)C(C)C)cc2c1. The number of pyridine rings is 1. The predicted octanol–water partition coefficient (Wildman–Crippen LogP) is 4.70. The van der Waals surface area contributed by atoms with E-state index in [0.717, 1.165) is 46.6 Å². The molecule has 1 aliphatic rings. The van der Waals surface area contributed by atoms with Gasteiger partial charge in [-0.15, -0.1) is 5.10 Å². The number of hydrogen-bond donors (Lipinski definition) is 1. The van der Waals surface area contributed by atoms with Crippen LogP contribution in [-0.2, 0) is 13.1 Å². The van der Waals surface area contributed by atoms with Crippen LogP contribution in [0.5, 0.6) is 5.75 Å². The largest absolute Gasteiger partial charge is 0.497 e. The number of nitrogens with zero attached hydrogens (tertiary/aromatic N) is 5. The van der Waals surface area contributed by atoms with Gasteiger partial charge in [0.25, 0.3) is 5.56 Å². The maximum Gasteiger partial charge on any atom is 0.252 e. The van der Waals surface area contributed by atoms with Gasteiger partial charge >= 0.3 is 0 Å². The number of ether oxygens (including phenoxy) is 1. The molecular formula is C27H34N6O3. The minimum absolute atomic E-state index is 0.0570. The number of methoxy groups -OCH3 is 1. The molecule has 4 aromatic rings. The fraction of sp³-hybridized carbons (Fsp3) is 0.481. The Kier molecular flexibility index (Phi) is 7.18. The van der Waals surface area contributed by atoms with Crippen molar-refractivity contribution in [3.63, 3.8) is 0 Å². The third-order valence-electron chi connectivity index (χ3n) is 7.22. The first kappa shape index (κ1) is 24.2. The minimum Gasteiger partial charge on any atom is -0.497 e. The van der Waals surface area contributed by atoms with Gasteiger partial charge in [0.2, 0.25) is 0 Å². The molecule has 1 N–H and O–H groups in total. The number of aromatic nitrogens is 5. The summed E-state index contributed by atoms with van der Waals surface area (Å²) in [5, 5.41) is 13.8. The summed E-state index contributed by atoms with van der Waals surface area (Å²) in [6.07, 6.45) is 7.49. The molecule has 0 bridgehead atoms. The monoisotopic (exact) mass is 490 g/mol. The van der Waals surface area contributed by atoms with Crippen molar-refractivity contribution in [3.8, 4) is 5.75 Å². The third kappa shape index (κ3) is 5.06. The molecule has 36 heavy (non-hydrogen) atoms. The fourth-order valence-corrected chi connectivity index (χ4v) is 5.45. The zero-order valence-corrected chi connectivity index (χ0v) is 21.2. The Morgan fingerprint density at radius 1 is 1.19 bits per heavy atom. The molecule has 0 aliphatic heterocycles. The molecule has 1 unspecified atom stereocenters. The quantitative estimate of drug-likeness (QED) is 0.363. The predicted molar refractivity (Wildman–Crippen MR) is 137 cm³/mol. The Morgan fingerprint density at radius 3 is 2.75 bits per heavy atom. The summed E-state index contributed by atoms with van der Waals surface area (Å²) in [5.74, 6) is 2.59. The van der Waals surface area contributed by atoms with E-state index < -0.39 is 0 Å². The number of nitrogens with one attached hydrogen (secondary N) is 1. The van der Waals surface area contributed by atoms with Crippen LogP contribution in [0.4, 0.5) is 0 Å². The van der Waals surface area contributed by atoms with E-state index >= 15 is 0 Å². The Balaban J connectivity index is 1.54. The van der Waals surface area contributed by atoms with E-state index in [2.05, 4.69) is 39.3 Å². The summed E-state index contributed by atoms with van der Waals surface area (Å²) in [7, 11) is 1.65. The second kappa shape index (κ2) is 10.7. The molecule has 3 heterocycles. The van der Waals surface area contributed by atoms with Crippen molar-refractivity contribution >= 4 is 10.9 Å². The lowest BCUT2D eigenvalue weighted by Gasteiger charge is -2.41. The fourth-order valence-electron chi connectivity index (χ4n) is 5.45. The van der Waals surface area contributed by atoms with Crippen LogP contribution < -0.4 is 10.3 Å². The van der Waals surface area contributed by atoms with E-state index in [9.17, 15) is 4.79 Å². The van der Waals surface area contributed by atoms with Crippen LogP contribution >= 0.6 is 0 Å². The van der Waals surface area contributed by atoms with Crippen LogP contribution in [0.1, 0.15) is 69.1 Å². The Morgan fingerprint density at radius 2 is 2.03 bits per heavy atom. The van der Waals surface area contributed by atoms with Crippen molar-refractivity contribution in [2.24, 2.45) is 5.92 Å².